The van der Waals surface area contributed by atoms with Crippen LogP contribution in [0.1, 0.15) is 18.1 Å². The van der Waals surface area contributed by atoms with Crippen LogP contribution in [0.5, 0.6) is 0 Å². The molecule has 0 aliphatic carbocycles. The number of ether oxygens (including phenoxy) is 2. The van der Waals surface area contributed by atoms with E-state index in [1.807, 2.05) is 30.0 Å². The van der Waals surface area contributed by atoms with Crippen LogP contribution in [-0.2, 0) is 31.8 Å². The lowest BCUT2D eigenvalue weighted by Gasteiger charge is -2.34. The molecule has 50 heavy (non-hydrogen) atoms. The summed E-state index contributed by atoms with van der Waals surface area (Å²) in [4.78, 5) is 53.0. The van der Waals surface area contributed by atoms with Gasteiger partial charge in [0.15, 0.2) is 11.6 Å². The molecule has 2 saturated heterocycles. The van der Waals surface area contributed by atoms with E-state index < -0.39 is 17.8 Å². The van der Waals surface area contributed by atoms with Crippen molar-refractivity contribution < 1.29 is 37.0 Å². The number of carbonyl (C=O) groups excluding carboxylic acids is 3. The number of amides is 3. The SMILES string of the molecule is CCOC(=O)Nc1cc(C(F)(F)F)c(-c2nc(N3CCOCC3)c3cc(CN4CCN(C(=O)CNC(=O)/C=C/CN(C)C)CC4)cn3n2)cn1. The third-order valence-electron chi connectivity index (χ3n) is 8.05. The van der Waals surface area contributed by atoms with Gasteiger partial charge in [0.2, 0.25) is 11.8 Å². The first-order valence-corrected chi connectivity index (χ1v) is 16.2. The number of piperazine rings is 1. The van der Waals surface area contributed by atoms with E-state index in [0.29, 0.717) is 76.9 Å². The lowest BCUT2D eigenvalue weighted by molar-refractivity contribution is -0.137. The van der Waals surface area contributed by atoms with Gasteiger partial charge in [-0.3, -0.25) is 19.8 Å². The minimum absolute atomic E-state index is 0.0416. The lowest BCUT2D eigenvalue weighted by atomic mass is 10.1. The Hall–Kier alpha value is -4.81. The highest BCUT2D eigenvalue weighted by Gasteiger charge is 2.36. The second-order valence-corrected chi connectivity index (χ2v) is 12.0. The molecule has 270 valence electrons. The number of hydrogen-bond acceptors (Lipinski definition) is 11. The highest BCUT2D eigenvalue weighted by Crippen LogP contribution is 2.38. The van der Waals surface area contributed by atoms with Gasteiger partial charge >= 0.3 is 12.3 Å². The average Bonchev–Trinajstić information content (AvgIpc) is 3.49. The number of nitrogens with zero attached hydrogens (tertiary/aromatic N) is 8. The van der Waals surface area contributed by atoms with E-state index in [9.17, 15) is 27.6 Å². The molecule has 18 heteroatoms. The maximum atomic E-state index is 14.3. The number of hydrogen-bond donors (Lipinski definition) is 2. The van der Waals surface area contributed by atoms with Crippen LogP contribution in [0, 0.1) is 0 Å². The van der Waals surface area contributed by atoms with Crippen molar-refractivity contribution in [1.82, 2.24) is 39.6 Å². The first kappa shape index (κ1) is 36.5. The number of nitrogens with one attached hydrogen (secondary N) is 2. The molecule has 0 atom stereocenters. The van der Waals surface area contributed by atoms with Crippen molar-refractivity contribution >= 4 is 35.1 Å². The van der Waals surface area contributed by atoms with Gasteiger partial charge < -0.3 is 29.5 Å². The Kier molecular flexibility index (Phi) is 11.9. The summed E-state index contributed by atoms with van der Waals surface area (Å²) < 4.78 is 54.8. The maximum absolute atomic E-state index is 14.3. The first-order chi connectivity index (χ1) is 23.9. The van der Waals surface area contributed by atoms with Gasteiger partial charge in [-0.15, -0.1) is 5.10 Å². The summed E-state index contributed by atoms with van der Waals surface area (Å²) >= 11 is 0. The maximum Gasteiger partial charge on any atom is 0.417 e. The molecule has 3 aromatic heterocycles. The standard InChI is InChI=1S/C32H41F3N10O5/c1-4-50-31(48)38-26-17-24(32(33,34)35)23(18-36-26)29-39-30(44-12-14-49-15-13-44)25-16-22(21-45(25)40-29)20-42-8-10-43(11-9-42)28(47)19-37-27(46)6-5-7-41(2)3/h5-6,16-18,21H,4,7-15,19-20H2,1-3H3,(H,37,46)(H,36,38,48)/b6-5+. The van der Waals surface area contributed by atoms with Crippen molar-refractivity contribution in [1.29, 1.82) is 0 Å². The molecular formula is C32H41F3N10O5. The van der Waals surface area contributed by atoms with E-state index >= 15 is 0 Å². The van der Waals surface area contributed by atoms with Gasteiger partial charge in [0, 0.05) is 70.8 Å². The van der Waals surface area contributed by atoms with E-state index in [-0.39, 0.29) is 42.2 Å². The largest absolute Gasteiger partial charge is 0.450 e. The Bertz CT molecular complexity index is 1700. The van der Waals surface area contributed by atoms with Crippen molar-refractivity contribution in [2.75, 3.05) is 96.5 Å². The number of morpholine rings is 1. The van der Waals surface area contributed by atoms with Gasteiger partial charge in [-0.2, -0.15) is 13.2 Å². The fraction of sp³-hybridized carbons (Fsp3) is 0.500. The molecule has 0 spiro atoms. The van der Waals surface area contributed by atoms with Crippen LogP contribution in [0.4, 0.5) is 29.6 Å². The van der Waals surface area contributed by atoms with Crippen LogP contribution < -0.4 is 15.5 Å². The van der Waals surface area contributed by atoms with Crippen molar-refractivity contribution in [2.24, 2.45) is 0 Å². The predicted octanol–water partition coefficient (Wildman–Crippen LogP) is 2.09. The Morgan fingerprint density at radius 2 is 1.82 bits per heavy atom. The van der Waals surface area contributed by atoms with E-state index in [0.717, 1.165) is 17.8 Å². The average molecular weight is 703 g/mol. The summed E-state index contributed by atoms with van der Waals surface area (Å²) in [5, 5.41) is 9.33. The fourth-order valence-electron chi connectivity index (χ4n) is 5.57. The summed E-state index contributed by atoms with van der Waals surface area (Å²) in [5.41, 5.74) is 0.0782. The normalized spacial score (nSPS) is 16.0. The quantitative estimate of drug-likeness (QED) is 0.283. The molecule has 2 fully saturated rings. The Balaban J connectivity index is 1.33. The Labute approximate surface area is 287 Å². The minimum Gasteiger partial charge on any atom is -0.450 e. The van der Waals surface area contributed by atoms with Gasteiger partial charge in [-0.05, 0) is 38.7 Å². The van der Waals surface area contributed by atoms with Crippen molar-refractivity contribution in [2.45, 2.75) is 19.6 Å². The number of carbonyl (C=O) groups is 3. The molecule has 3 amide bonds. The van der Waals surface area contributed by atoms with Crippen molar-refractivity contribution in [3.8, 4) is 11.4 Å². The molecule has 0 bridgehead atoms. The summed E-state index contributed by atoms with van der Waals surface area (Å²) in [6, 6.07) is 2.65. The van der Waals surface area contributed by atoms with E-state index in [1.165, 1.54) is 10.6 Å². The molecule has 0 radical (unpaired) electrons. The molecule has 15 nitrogen and oxygen atoms in total. The second-order valence-electron chi connectivity index (χ2n) is 12.0. The van der Waals surface area contributed by atoms with Gasteiger partial charge in [0.05, 0.1) is 37.5 Å². The molecule has 5 heterocycles. The van der Waals surface area contributed by atoms with Crippen LogP contribution in [0.15, 0.2) is 36.7 Å². The van der Waals surface area contributed by atoms with Crippen LogP contribution >= 0.6 is 0 Å². The number of aromatic nitrogens is 4. The van der Waals surface area contributed by atoms with E-state index in [4.69, 9.17) is 9.47 Å². The Morgan fingerprint density at radius 1 is 1.08 bits per heavy atom. The third kappa shape index (κ3) is 9.45. The molecule has 2 aliphatic heterocycles. The summed E-state index contributed by atoms with van der Waals surface area (Å²) in [6.07, 6.45) is 0.168. The molecule has 5 rings (SSSR count). The number of fused-ring (bicyclic) bond motifs is 1. The zero-order valence-corrected chi connectivity index (χ0v) is 28.2. The summed E-state index contributed by atoms with van der Waals surface area (Å²) in [5.74, 6) is -0.534. The van der Waals surface area contributed by atoms with Gasteiger partial charge in [0.1, 0.15) is 11.3 Å². The number of anilines is 2. The number of pyridine rings is 1. The van der Waals surface area contributed by atoms with Gasteiger partial charge in [0.25, 0.3) is 0 Å². The highest BCUT2D eigenvalue weighted by molar-refractivity contribution is 5.91. The lowest BCUT2D eigenvalue weighted by Crippen LogP contribution is -2.50. The summed E-state index contributed by atoms with van der Waals surface area (Å²) in [7, 11) is 3.78. The molecule has 0 aromatic carbocycles. The second kappa shape index (κ2) is 16.3. The van der Waals surface area contributed by atoms with Crippen LogP contribution in [0.2, 0.25) is 0 Å². The van der Waals surface area contributed by atoms with Crippen LogP contribution in [0.3, 0.4) is 0 Å². The predicted molar refractivity (Wildman–Crippen MR) is 177 cm³/mol. The number of rotatable bonds is 11. The van der Waals surface area contributed by atoms with Gasteiger partial charge in [-0.1, -0.05) is 6.08 Å². The molecule has 0 unspecified atom stereocenters. The monoisotopic (exact) mass is 702 g/mol. The number of halogens is 3. The fourth-order valence-corrected chi connectivity index (χ4v) is 5.57. The smallest absolute Gasteiger partial charge is 0.417 e. The highest BCUT2D eigenvalue weighted by atomic mass is 19.4. The Morgan fingerprint density at radius 3 is 2.50 bits per heavy atom. The minimum atomic E-state index is -4.80. The molecule has 2 N–H and O–H groups in total. The molecule has 2 aliphatic rings. The summed E-state index contributed by atoms with van der Waals surface area (Å²) in [6.45, 7) is 6.65. The van der Waals surface area contributed by atoms with E-state index in [1.54, 1.807) is 24.1 Å². The molecule has 0 saturated carbocycles. The third-order valence-corrected chi connectivity index (χ3v) is 8.05. The van der Waals surface area contributed by atoms with Crippen LogP contribution in [0.25, 0.3) is 16.9 Å². The molecular weight excluding hydrogens is 661 g/mol. The zero-order valence-electron chi connectivity index (χ0n) is 28.2. The zero-order chi connectivity index (χ0) is 35.8. The topological polar surface area (TPSA) is 150 Å². The van der Waals surface area contributed by atoms with E-state index in [2.05, 4.69) is 30.6 Å². The van der Waals surface area contributed by atoms with Crippen molar-refractivity contribution in [3.63, 3.8) is 0 Å². The molecule has 3 aromatic rings. The number of likely N-dealkylation sites (N-methyl/N-ethyl adjacent to an activating group) is 1. The first-order valence-electron chi connectivity index (χ1n) is 16.2. The van der Waals surface area contributed by atoms with Crippen molar-refractivity contribution in [3.05, 3.63) is 47.8 Å². The van der Waals surface area contributed by atoms with Gasteiger partial charge in [-0.25, -0.2) is 19.3 Å². The number of alkyl halides is 3. The van der Waals surface area contributed by atoms with Crippen LogP contribution in [-0.4, -0.2) is 138 Å².